The predicted molar refractivity (Wildman–Crippen MR) is 54.6 cm³/mol. The van der Waals surface area contributed by atoms with Crippen molar-refractivity contribution in [2.75, 3.05) is 6.61 Å². The van der Waals surface area contributed by atoms with Crippen LogP contribution in [0.2, 0.25) is 5.02 Å². The first-order valence-corrected chi connectivity index (χ1v) is 4.65. The van der Waals surface area contributed by atoms with Gasteiger partial charge in [-0.05, 0) is 23.6 Å². The molecule has 2 nitrogen and oxygen atoms in total. The molecule has 0 saturated carbocycles. The highest BCUT2D eigenvalue weighted by Crippen LogP contribution is 2.20. The van der Waals surface area contributed by atoms with Crippen LogP contribution in [0, 0.1) is 5.92 Å². The Morgan fingerprint density at radius 3 is 2.38 bits per heavy atom. The van der Waals surface area contributed by atoms with Gasteiger partial charge >= 0.3 is 0 Å². The number of hydrogen-bond donors (Lipinski definition) is 2. The van der Waals surface area contributed by atoms with E-state index in [4.69, 9.17) is 22.4 Å². The Morgan fingerprint density at radius 2 is 1.92 bits per heavy atom. The van der Waals surface area contributed by atoms with Gasteiger partial charge in [-0.25, -0.2) is 0 Å². The van der Waals surface area contributed by atoms with Gasteiger partial charge in [0.15, 0.2) is 0 Å². The highest BCUT2D eigenvalue weighted by molar-refractivity contribution is 6.30. The minimum atomic E-state index is -0.123. The lowest BCUT2D eigenvalue weighted by Crippen LogP contribution is -2.21. The van der Waals surface area contributed by atoms with Gasteiger partial charge in [0, 0.05) is 17.7 Å². The molecule has 3 N–H and O–H groups in total. The van der Waals surface area contributed by atoms with E-state index >= 15 is 0 Å². The summed E-state index contributed by atoms with van der Waals surface area (Å²) >= 11 is 5.74. The number of rotatable bonds is 3. The molecule has 0 saturated heterocycles. The molecule has 0 spiro atoms. The van der Waals surface area contributed by atoms with Gasteiger partial charge in [0.05, 0.1) is 0 Å². The summed E-state index contributed by atoms with van der Waals surface area (Å²) in [5, 5.41) is 9.62. The van der Waals surface area contributed by atoms with Crippen molar-refractivity contribution in [1.82, 2.24) is 0 Å². The first-order chi connectivity index (χ1) is 6.15. The number of benzene rings is 1. The average molecular weight is 200 g/mol. The zero-order chi connectivity index (χ0) is 9.84. The Hall–Kier alpha value is -0.570. The molecule has 0 heterocycles. The second-order valence-electron chi connectivity index (χ2n) is 3.24. The van der Waals surface area contributed by atoms with Crippen molar-refractivity contribution in [3.63, 3.8) is 0 Å². The van der Waals surface area contributed by atoms with Crippen LogP contribution in [0.3, 0.4) is 0 Å². The summed E-state index contributed by atoms with van der Waals surface area (Å²) < 4.78 is 0. The smallest absolute Gasteiger partial charge is 0.0474 e. The molecule has 1 aromatic carbocycles. The maximum atomic E-state index is 8.92. The largest absolute Gasteiger partial charge is 0.396 e. The summed E-state index contributed by atoms with van der Waals surface area (Å²) in [6.45, 7) is 2.02. The molecule has 1 aromatic rings. The highest BCUT2D eigenvalue weighted by Gasteiger charge is 2.13. The molecule has 72 valence electrons. The molecule has 0 aliphatic heterocycles. The van der Waals surface area contributed by atoms with Crippen molar-refractivity contribution < 1.29 is 5.11 Å². The second-order valence-corrected chi connectivity index (χ2v) is 3.67. The van der Waals surface area contributed by atoms with Gasteiger partial charge in [-0.15, -0.1) is 0 Å². The number of aliphatic hydroxyl groups is 1. The third kappa shape index (κ3) is 2.69. The van der Waals surface area contributed by atoms with E-state index in [-0.39, 0.29) is 18.6 Å². The van der Waals surface area contributed by atoms with E-state index in [9.17, 15) is 0 Å². The van der Waals surface area contributed by atoms with Gasteiger partial charge < -0.3 is 10.8 Å². The molecular formula is C10H14ClNO. The van der Waals surface area contributed by atoms with Crippen molar-refractivity contribution >= 4 is 11.6 Å². The molecule has 0 aliphatic rings. The van der Waals surface area contributed by atoms with Crippen LogP contribution >= 0.6 is 11.6 Å². The van der Waals surface area contributed by atoms with Crippen LogP contribution in [0.25, 0.3) is 0 Å². The Labute approximate surface area is 83.3 Å². The van der Waals surface area contributed by atoms with Crippen LogP contribution in [-0.4, -0.2) is 11.7 Å². The Morgan fingerprint density at radius 1 is 1.38 bits per heavy atom. The summed E-state index contributed by atoms with van der Waals surface area (Å²) in [5.41, 5.74) is 6.90. The first kappa shape index (κ1) is 10.5. The summed E-state index contributed by atoms with van der Waals surface area (Å²) in [6.07, 6.45) is 0. The topological polar surface area (TPSA) is 46.2 Å². The fourth-order valence-electron chi connectivity index (χ4n) is 1.13. The Balaban J connectivity index is 2.77. The van der Waals surface area contributed by atoms with Gasteiger partial charge in [0.2, 0.25) is 0 Å². The summed E-state index contributed by atoms with van der Waals surface area (Å²) in [6, 6.07) is 7.27. The van der Waals surface area contributed by atoms with Gasteiger partial charge in [-0.2, -0.15) is 0 Å². The number of aliphatic hydroxyl groups excluding tert-OH is 1. The molecule has 3 heteroatoms. The zero-order valence-corrected chi connectivity index (χ0v) is 8.33. The third-order valence-corrected chi connectivity index (χ3v) is 2.41. The maximum absolute atomic E-state index is 8.92. The molecule has 2 atom stereocenters. The summed E-state index contributed by atoms with van der Waals surface area (Å²) in [5.74, 6) is 0.0705. The molecular weight excluding hydrogens is 186 g/mol. The quantitative estimate of drug-likeness (QED) is 0.782. The van der Waals surface area contributed by atoms with Crippen molar-refractivity contribution in [2.24, 2.45) is 11.7 Å². The molecule has 0 aromatic heterocycles. The second kappa shape index (κ2) is 4.61. The lowest BCUT2D eigenvalue weighted by molar-refractivity contribution is 0.217. The van der Waals surface area contributed by atoms with Gasteiger partial charge in [-0.1, -0.05) is 30.7 Å². The van der Waals surface area contributed by atoms with E-state index in [1.165, 1.54) is 0 Å². The number of hydrogen-bond acceptors (Lipinski definition) is 2. The lowest BCUT2D eigenvalue weighted by atomic mass is 9.96. The monoisotopic (exact) mass is 199 g/mol. The molecule has 0 radical (unpaired) electrons. The lowest BCUT2D eigenvalue weighted by Gasteiger charge is -2.17. The number of nitrogens with two attached hydrogens (primary N) is 1. The predicted octanol–water partition coefficient (Wildman–Crippen LogP) is 1.97. The van der Waals surface area contributed by atoms with E-state index in [1.54, 1.807) is 12.1 Å². The molecule has 0 fully saturated rings. The van der Waals surface area contributed by atoms with Crippen LogP contribution < -0.4 is 5.73 Å². The Kier molecular flexibility index (Phi) is 3.72. The molecule has 13 heavy (non-hydrogen) atoms. The molecule has 1 rings (SSSR count). The van der Waals surface area contributed by atoms with Crippen LogP contribution in [0.1, 0.15) is 18.5 Å². The summed E-state index contributed by atoms with van der Waals surface area (Å²) in [4.78, 5) is 0. The molecule has 0 aliphatic carbocycles. The van der Waals surface area contributed by atoms with Gasteiger partial charge in [0.25, 0.3) is 0 Å². The van der Waals surface area contributed by atoms with Gasteiger partial charge in [0.1, 0.15) is 0 Å². The van der Waals surface area contributed by atoms with E-state index in [0.717, 1.165) is 5.56 Å². The Bertz CT molecular complexity index is 260. The molecule has 0 bridgehead atoms. The van der Waals surface area contributed by atoms with E-state index in [2.05, 4.69) is 0 Å². The SMILES string of the molecule is CC(CO)C(N)c1ccc(Cl)cc1. The van der Waals surface area contributed by atoms with Crippen LogP contribution in [-0.2, 0) is 0 Å². The van der Waals surface area contributed by atoms with Crippen LogP contribution in [0.15, 0.2) is 24.3 Å². The minimum absolute atomic E-state index is 0.0705. The van der Waals surface area contributed by atoms with Crippen molar-refractivity contribution in [1.29, 1.82) is 0 Å². The highest BCUT2D eigenvalue weighted by atomic mass is 35.5. The van der Waals surface area contributed by atoms with Gasteiger partial charge in [-0.3, -0.25) is 0 Å². The fourth-order valence-corrected chi connectivity index (χ4v) is 1.25. The fraction of sp³-hybridized carbons (Fsp3) is 0.400. The standard InChI is InChI=1S/C10H14ClNO/c1-7(6-13)10(12)8-2-4-9(11)5-3-8/h2-5,7,10,13H,6,12H2,1H3. The van der Waals surface area contributed by atoms with Crippen LogP contribution in [0.4, 0.5) is 0 Å². The third-order valence-electron chi connectivity index (χ3n) is 2.16. The van der Waals surface area contributed by atoms with Crippen molar-refractivity contribution in [2.45, 2.75) is 13.0 Å². The normalized spacial score (nSPS) is 15.4. The average Bonchev–Trinajstić information content (AvgIpc) is 2.17. The van der Waals surface area contributed by atoms with Crippen molar-refractivity contribution in [3.05, 3.63) is 34.9 Å². The van der Waals surface area contributed by atoms with Crippen molar-refractivity contribution in [3.8, 4) is 0 Å². The minimum Gasteiger partial charge on any atom is -0.396 e. The molecule has 2 unspecified atom stereocenters. The van der Waals surface area contributed by atoms with E-state index in [0.29, 0.717) is 5.02 Å². The van der Waals surface area contributed by atoms with E-state index in [1.807, 2.05) is 19.1 Å². The maximum Gasteiger partial charge on any atom is 0.0474 e. The van der Waals surface area contributed by atoms with Crippen LogP contribution in [0.5, 0.6) is 0 Å². The van der Waals surface area contributed by atoms with E-state index < -0.39 is 0 Å². The first-order valence-electron chi connectivity index (χ1n) is 4.27. The summed E-state index contributed by atoms with van der Waals surface area (Å²) in [7, 11) is 0. The zero-order valence-electron chi connectivity index (χ0n) is 7.57. The number of halogens is 1. The molecule has 0 amide bonds.